The smallest absolute Gasteiger partial charge is 0.475 e. The molecule has 2 aliphatic heterocycles. The lowest BCUT2D eigenvalue weighted by atomic mass is 9.77. The van der Waals surface area contributed by atoms with Gasteiger partial charge in [0.1, 0.15) is 5.82 Å². The number of piperidine rings is 1. The summed E-state index contributed by atoms with van der Waals surface area (Å²) in [6, 6.07) is 7.12. The topological polar surface area (TPSA) is 110 Å². The van der Waals surface area contributed by atoms with E-state index in [1.165, 1.54) is 0 Å². The van der Waals surface area contributed by atoms with Gasteiger partial charge in [-0.2, -0.15) is 22.6 Å². The number of sulfonamides is 1. The van der Waals surface area contributed by atoms with Crippen molar-refractivity contribution in [2.24, 2.45) is 7.05 Å². The second kappa shape index (κ2) is 9.36. The van der Waals surface area contributed by atoms with Crippen LogP contribution in [0.3, 0.4) is 0 Å². The van der Waals surface area contributed by atoms with Gasteiger partial charge in [0.2, 0.25) is 10.0 Å². The summed E-state index contributed by atoms with van der Waals surface area (Å²) >= 11 is 0. The van der Waals surface area contributed by atoms with Crippen LogP contribution in [0.2, 0.25) is 0 Å². The summed E-state index contributed by atoms with van der Waals surface area (Å²) in [5.41, 5.74) is 3.20. The van der Waals surface area contributed by atoms with Gasteiger partial charge in [-0.05, 0) is 38.3 Å². The number of halogens is 3. The summed E-state index contributed by atoms with van der Waals surface area (Å²) in [4.78, 5) is 14.0. The first-order valence-electron chi connectivity index (χ1n) is 11.3. The van der Waals surface area contributed by atoms with Crippen molar-refractivity contribution in [1.29, 1.82) is 0 Å². The monoisotopic (exact) mass is 525 g/mol. The standard InChI is InChI=1S/C21H25N5O2S.C2HF3O2/c1-16-3-5-18(6-4-16)29(27,28)25-10-7-21(8-11-25)9-12-26-19(14-22-20(21)26)17-13-23-24(2)15-17;3-2(4,5)1(6)7/h3-6,13-15H,7-12H2,1-2H3;(H,6,7). The summed E-state index contributed by atoms with van der Waals surface area (Å²) in [5, 5.41) is 11.4. The van der Waals surface area contributed by atoms with Gasteiger partial charge in [-0.25, -0.2) is 18.2 Å². The number of fused-ring (bicyclic) bond motifs is 2. The molecule has 0 saturated carbocycles. The summed E-state index contributed by atoms with van der Waals surface area (Å²) in [7, 11) is -1.53. The van der Waals surface area contributed by atoms with Gasteiger partial charge in [0, 0.05) is 43.9 Å². The lowest BCUT2D eigenvalue weighted by molar-refractivity contribution is -0.192. The number of hydrogen-bond donors (Lipinski definition) is 1. The molecule has 0 bridgehead atoms. The van der Waals surface area contributed by atoms with Gasteiger partial charge in [0.15, 0.2) is 0 Å². The minimum Gasteiger partial charge on any atom is -0.475 e. The van der Waals surface area contributed by atoms with Gasteiger partial charge in [-0.1, -0.05) is 17.7 Å². The number of alkyl halides is 3. The van der Waals surface area contributed by atoms with Crippen LogP contribution in [0.1, 0.15) is 30.7 Å². The van der Waals surface area contributed by atoms with E-state index in [0.29, 0.717) is 18.0 Å². The molecule has 1 fully saturated rings. The molecule has 194 valence electrons. The molecule has 2 aromatic heterocycles. The first-order valence-corrected chi connectivity index (χ1v) is 12.7. The van der Waals surface area contributed by atoms with Crippen molar-refractivity contribution in [3.05, 3.63) is 54.2 Å². The van der Waals surface area contributed by atoms with Crippen LogP contribution in [0.15, 0.2) is 47.8 Å². The third-order valence-electron chi connectivity index (χ3n) is 6.73. The highest BCUT2D eigenvalue weighted by atomic mass is 32.2. The fourth-order valence-electron chi connectivity index (χ4n) is 4.73. The Labute approximate surface area is 206 Å². The number of nitrogens with zero attached hydrogens (tertiary/aromatic N) is 5. The fraction of sp³-hybridized carbons (Fsp3) is 0.435. The van der Waals surface area contributed by atoms with Gasteiger partial charge in [-0.3, -0.25) is 4.68 Å². The van der Waals surface area contributed by atoms with Crippen LogP contribution in [0.5, 0.6) is 0 Å². The van der Waals surface area contributed by atoms with E-state index < -0.39 is 22.2 Å². The quantitative estimate of drug-likeness (QED) is 0.562. The number of aliphatic carboxylic acids is 1. The van der Waals surface area contributed by atoms with Crippen LogP contribution in [0.4, 0.5) is 13.2 Å². The molecule has 13 heteroatoms. The SMILES string of the molecule is Cc1ccc(S(=O)(=O)N2CCC3(CC2)CCn2c(-c4cnn(C)c4)cnc23)cc1.O=C(O)C(F)(F)F. The van der Waals surface area contributed by atoms with Crippen molar-refractivity contribution in [2.75, 3.05) is 13.1 Å². The molecule has 0 aliphatic carbocycles. The molecule has 1 saturated heterocycles. The van der Waals surface area contributed by atoms with Crippen LogP contribution in [0.25, 0.3) is 11.3 Å². The van der Waals surface area contributed by atoms with E-state index in [9.17, 15) is 21.6 Å². The zero-order chi connectivity index (χ0) is 26.3. The summed E-state index contributed by atoms with van der Waals surface area (Å²) < 4.78 is 63.5. The predicted molar refractivity (Wildman–Crippen MR) is 124 cm³/mol. The van der Waals surface area contributed by atoms with Crippen molar-refractivity contribution in [1.82, 2.24) is 23.6 Å². The summed E-state index contributed by atoms with van der Waals surface area (Å²) in [6.45, 7) is 3.95. The normalized spacial score (nSPS) is 17.5. The van der Waals surface area contributed by atoms with Crippen LogP contribution in [-0.4, -0.2) is 62.4 Å². The molecule has 0 radical (unpaired) electrons. The van der Waals surface area contributed by atoms with Crippen molar-refractivity contribution in [3.8, 4) is 11.3 Å². The molecule has 4 heterocycles. The molecule has 1 N–H and O–H groups in total. The molecule has 0 amide bonds. The van der Waals surface area contributed by atoms with Gasteiger partial charge in [0.05, 0.1) is 23.0 Å². The lowest BCUT2D eigenvalue weighted by Crippen LogP contribution is -2.44. The Morgan fingerprint density at radius 1 is 1.06 bits per heavy atom. The van der Waals surface area contributed by atoms with Crippen LogP contribution >= 0.6 is 0 Å². The van der Waals surface area contributed by atoms with E-state index in [0.717, 1.165) is 48.5 Å². The number of rotatable bonds is 3. The molecule has 36 heavy (non-hydrogen) atoms. The molecule has 0 atom stereocenters. The molecule has 2 aliphatic rings. The number of carboxylic acid groups (broad SMARTS) is 1. The predicted octanol–water partition coefficient (Wildman–Crippen LogP) is 3.35. The molecule has 0 unspecified atom stereocenters. The third kappa shape index (κ3) is 4.89. The highest BCUT2D eigenvalue weighted by molar-refractivity contribution is 7.89. The van der Waals surface area contributed by atoms with Gasteiger partial charge in [0.25, 0.3) is 0 Å². The highest BCUT2D eigenvalue weighted by Gasteiger charge is 2.46. The second-order valence-corrected chi connectivity index (χ2v) is 11.0. The van der Waals surface area contributed by atoms with Gasteiger partial charge < -0.3 is 9.67 Å². The highest BCUT2D eigenvalue weighted by Crippen LogP contribution is 2.45. The number of carboxylic acids is 1. The molecule has 1 aromatic carbocycles. The number of benzene rings is 1. The third-order valence-corrected chi connectivity index (χ3v) is 8.64. The fourth-order valence-corrected chi connectivity index (χ4v) is 6.18. The maximum atomic E-state index is 13.0. The Kier molecular flexibility index (Phi) is 6.73. The van der Waals surface area contributed by atoms with E-state index in [1.807, 2.05) is 44.7 Å². The zero-order valence-corrected chi connectivity index (χ0v) is 20.6. The number of aryl methyl sites for hydroxylation is 2. The van der Waals surface area contributed by atoms with Crippen molar-refractivity contribution in [2.45, 2.75) is 49.2 Å². The Balaban J connectivity index is 0.000000384. The largest absolute Gasteiger partial charge is 0.490 e. The summed E-state index contributed by atoms with van der Waals surface area (Å²) in [6.07, 6.45) is 3.35. The van der Waals surface area contributed by atoms with E-state index in [4.69, 9.17) is 14.9 Å². The average molecular weight is 526 g/mol. The van der Waals surface area contributed by atoms with E-state index >= 15 is 0 Å². The molecule has 5 rings (SSSR count). The van der Waals surface area contributed by atoms with E-state index in [-0.39, 0.29) is 5.41 Å². The number of carbonyl (C=O) groups is 1. The Hall–Kier alpha value is -3.19. The van der Waals surface area contributed by atoms with Crippen LogP contribution in [0, 0.1) is 6.92 Å². The molecule has 3 aromatic rings. The van der Waals surface area contributed by atoms with Gasteiger partial charge in [-0.15, -0.1) is 0 Å². The van der Waals surface area contributed by atoms with Gasteiger partial charge >= 0.3 is 12.1 Å². The Morgan fingerprint density at radius 3 is 2.17 bits per heavy atom. The summed E-state index contributed by atoms with van der Waals surface area (Å²) in [5.74, 6) is -1.66. The number of aromatic nitrogens is 4. The van der Waals surface area contributed by atoms with E-state index in [1.54, 1.807) is 21.1 Å². The molecule has 1 spiro atoms. The molecule has 9 nitrogen and oxygen atoms in total. The Bertz CT molecular complexity index is 1360. The van der Waals surface area contributed by atoms with E-state index in [2.05, 4.69) is 9.67 Å². The van der Waals surface area contributed by atoms with Crippen LogP contribution < -0.4 is 0 Å². The second-order valence-electron chi connectivity index (χ2n) is 9.07. The minimum absolute atomic E-state index is 0.0280. The number of hydrogen-bond acceptors (Lipinski definition) is 5. The maximum Gasteiger partial charge on any atom is 0.490 e. The van der Waals surface area contributed by atoms with Crippen molar-refractivity contribution < 1.29 is 31.5 Å². The zero-order valence-electron chi connectivity index (χ0n) is 19.7. The first kappa shape index (κ1) is 25.9. The Morgan fingerprint density at radius 2 is 1.64 bits per heavy atom. The lowest BCUT2D eigenvalue weighted by Gasteiger charge is -2.37. The molecular weight excluding hydrogens is 499 g/mol. The number of imidazole rings is 1. The van der Waals surface area contributed by atoms with Crippen molar-refractivity contribution >= 4 is 16.0 Å². The first-order chi connectivity index (χ1) is 16.8. The van der Waals surface area contributed by atoms with Crippen LogP contribution in [-0.2, 0) is 33.8 Å². The maximum absolute atomic E-state index is 13.0. The average Bonchev–Trinajstić information content (AvgIpc) is 3.52. The minimum atomic E-state index is -5.08. The van der Waals surface area contributed by atoms with Crippen molar-refractivity contribution in [3.63, 3.8) is 0 Å². The molecular formula is C23H26F3N5O4S.